The summed E-state index contributed by atoms with van der Waals surface area (Å²) in [5.74, 6) is -0.183. The predicted molar refractivity (Wildman–Crippen MR) is 113 cm³/mol. The van der Waals surface area contributed by atoms with Gasteiger partial charge in [-0.3, -0.25) is 4.79 Å². The van der Waals surface area contributed by atoms with Crippen LogP contribution in [0.5, 0.6) is 0 Å². The molecule has 2 N–H and O–H groups in total. The smallest absolute Gasteiger partial charge is 0.244 e. The Bertz CT molecular complexity index is 1100. The number of rotatable bonds is 8. The summed E-state index contributed by atoms with van der Waals surface area (Å²) in [6.45, 7) is 4.14. The van der Waals surface area contributed by atoms with Crippen LogP contribution in [0.25, 0.3) is 10.9 Å². The number of methoxy groups -OCH3 is 1. The molecule has 0 unspecified atom stereocenters. The summed E-state index contributed by atoms with van der Waals surface area (Å²) in [6.07, 6.45) is 0. The van der Waals surface area contributed by atoms with E-state index in [0.717, 1.165) is 16.6 Å². The lowest BCUT2D eigenvalue weighted by atomic mass is 10.2. The van der Waals surface area contributed by atoms with E-state index in [9.17, 15) is 13.2 Å². The second-order valence-corrected chi connectivity index (χ2v) is 8.69. The summed E-state index contributed by atoms with van der Waals surface area (Å²) in [7, 11) is -2.13. The molecule has 3 aromatic rings. The first-order chi connectivity index (χ1) is 13.8. The van der Waals surface area contributed by atoms with Gasteiger partial charge in [-0.2, -0.15) is 0 Å². The monoisotopic (exact) mass is 415 g/mol. The van der Waals surface area contributed by atoms with Gasteiger partial charge in [0, 0.05) is 30.0 Å². The molecular weight excluding hydrogens is 390 g/mol. The fourth-order valence-electron chi connectivity index (χ4n) is 3.24. The van der Waals surface area contributed by atoms with Gasteiger partial charge in [0.25, 0.3) is 0 Å². The molecule has 0 spiro atoms. The normalized spacial score (nSPS) is 12.8. The number of ether oxygens (including phenoxy) is 1. The van der Waals surface area contributed by atoms with Gasteiger partial charge in [0.05, 0.1) is 11.5 Å². The largest absolute Gasteiger partial charge is 0.383 e. The van der Waals surface area contributed by atoms with Crippen LogP contribution in [0.1, 0.15) is 12.6 Å². The molecular formula is C21H25N3O4S. The quantitative estimate of drug-likeness (QED) is 0.592. The Labute approximate surface area is 170 Å². The lowest BCUT2D eigenvalue weighted by molar-refractivity contribution is -0.116. The molecule has 0 bridgehead atoms. The molecule has 0 fully saturated rings. The zero-order valence-electron chi connectivity index (χ0n) is 16.7. The minimum atomic E-state index is -3.64. The molecule has 8 heteroatoms. The standard InChI is InChI=1S/C21H25N3O4S/c1-15(14-28-3)23-29(26,27)19-10-8-18(9-11-19)22-21(25)13-24-16(2)12-17-6-4-5-7-20(17)24/h4-12,15,23H,13-14H2,1-3H3,(H,22,25)/t15-/m1/s1. The third kappa shape index (κ3) is 5.03. The maximum Gasteiger partial charge on any atom is 0.244 e. The van der Waals surface area contributed by atoms with Crippen LogP contribution in [0.2, 0.25) is 0 Å². The molecule has 154 valence electrons. The number of carbonyl (C=O) groups excluding carboxylic acids is 1. The molecule has 3 rings (SSSR count). The van der Waals surface area contributed by atoms with E-state index in [1.807, 2.05) is 41.8 Å². The van der Waals surface area contributed by atoms with Crippen molar-refractivity contribution in [2.45, 2.75) is 31.3 Å². The first-order valence-corrected chi connectivity index (χ1v) is 10.7. The summed E-state index contributed by atoms with van der Waals surface area (Å²) in [4.78, 5) is 12.6. The first kappa shape index (κ1) is 21.0. The van der Waals surface area contributed by atoms with Gasteiger partial charge in [0.15, 0.2) is 0 Å². The van der Waals surface area contributed by atoms with E-state index in [2.05, 4.69) is 10.0 Å². The topological polar surface area (TPSA) is 89.4 Å². The number of carbonyl (C=O) groups is 1. The number of hydrogen-bond donors (Lipinski definition) is 2. The third-order valence-electron chi connectivity index (χ3n) is 4.54. The SMILES string of the molecule is COC[C@@H](C)NS(=O)(=O)c1ccc(NC(=O)Cn2c(C)cc3ccccc32)cc1. The zero-order chi connectivity index (χ0) is 21.0. The summed E-state index contributed by atoms with van der Waals surface area (Å²) >= 11 is 0. The summed E-state index contributed by atoms with van der Waals surface area (Å²) in [5, 5.41) is 3.90. The number of nitrogens with zero attached hydrogens (tertiary/aromatic N) is 1. The van der Waals surface area contributed by atoms with Crippen molar-refractivity contribution in [1.29, 1.82) is 0 Å². The van der Waals surface area contributed by atoms with Crippen LogP contribution in [0.4, 0.5) is 5.69 Å². The van der Waals surface area contributed by atoms with Gasteiger partial charge in [-0.15, -0.1) is 0 Å². The van der Waals surface area contributed by atoms with Crippen LogP contribution in [0.15, 0.2) is 59.5 Å². The molecule has 1 aromatic heterocycles. The lowest BCUT2D eigenvalue weighted by Crippen LogP contribution is -2.35. The lowest BCUT2D eigenvalue weighted by Gasteiger charge is -2.14. The highest BCUT2D eigenvalue weighted by Gasteiger charge is 2.17. The van der Waals surface area contributed by atoms with Gasteiger partial charge in [-0.05, 0) is 55.6 Å². The van der Waals surface area contributed by atoms with Crippen molar-refractivity contribution < 1.29 is 17.9 Å². The van der Waals surface area contributed by atoms with E-state index in [-0.39, 0.29) is 30.0 Å². The second kappa shape index (κ2) is 8.77. The summed E-state index contributed by atoms with van der Waals surface area (Å²) in [6, 6.07) is 15.7. The van der Waals surface area contributed by atoms with Crippen LogP contribution in [0.3, 0.4) is 0 Å². The number of para-hydroxylation sites is 1. The fourth-order valence-corrected chi connectivity index (χ4v) is 4.46. The summed E-state index contributed by atoms with van der Waals surface area (Å²) in [5.41, 5.74) is 2.53. The first-order valence-electron chi connectivity index (χ1n) is 9.26. The van der Waals surface area contributed by atoms with Crippen LogP contribution in [-0.4, -0.2) is 38.7 Å². The number of aryl methyl sites for hydroxylation is 1. The Morgan fingerprint density at radius 1 is 1.14 bits per heavy atom. The van der Waals surface area contributed by atoms with Crippen molar-refractivity contribution in [1.82, 2.24) is 9.29 Å². The van der Waals surface area contributed by atoms with E-state index in [1.165, 1.54) is 19.2 Å². The Morgan fingerprint density at radius 3 is 2.52 bits per heavy atom. The Kier molecular flexibility index (Phi) is 6.36. The van der Waals surface area contributed by atoms with E-state index >= 15 is 0 Å². The molecule has 1 atom stereocenters. The predicted octanol–water partition coefficient (Wildman–Crippen LogP) is 2.90. The zero-order valence-corrected chi connectivity index (χ0v) is 17.5. The average molecular weight is 416 g/mol. The number of aromatic nitrogens is 1. The molecule has 0 aliphatic rings. The molecule has 2 aromatic carbocycles. The Hall–Kier alpha value is -2.68. The van der Waals surface area contributed by atoms with Crippen molar-refractivity contribution in [2.24, 2.45) is 0 Å². The molecule has 1 amide bonds. The minimum absolute atomic E-state index is 0.130. The highest BCUT2D eigenvalue weighted by Crippen LogP contribution is 2.20. The van der Waals surface area contributed by atoms with Gasteiger partial charge in [0.1, 0.15) is 6.54 Å². The number of sulfonamides is 1. The number of hydrogen-bond acceptors (Lipinski definition) is 4. The highest BCUT2D eigenvalue weighted by atomic mass is 32.2. The number of nitrogens with one attached hydrogen (secondary N) is 2. The molecule has 0 radical (unpaired) electrons. The molecule has 29 heavy (non-hydrogen) atoms. The second-order valence-electron chi connectivity index (χ2n) is 6.98. The number of fused-ring (bicyclic) bond motifs is 1. The van der Waals surface area contributed by atoms with Crippen molar-refractivity contribution in [3.63, 3.8) is 0 Å². The van der Waals surface area contributed by atoms with E-state index < -0.39 is 10.0 Å². The average Bonchev–Trinajstić information content (AvgIpc) is 2.97. The number of anilines is 1. The van der Waals surface area contributed by atoms with Gasteiger partial charge >= 0.3 is 0 Å². The van der Waals surface area contributed by atoms with Crippen molar-refractivity contribution in [2.75, 3.05) is 19.0 Å². The molecule has 0 aliphatic carbocycles. The highest BCUT2D eigenvalue weighted by molar-refractivity contribution is 7.89. The number of benzene rings is 2. The number of amides is 1. The van der Waals surface area contributed by atoms with Crippen LogP contribution in [-0.2, 0) is 26.1 Å². The van der Waals surface area contributed by atoms with Gasteiger partial charge in [-0.1, -0.05) is 18.2 Å². The molecule has 1 heterocycles. The third-order valence-corrected chi connectivity index (χ3v) is 6.15. The van der Waals surface area contributed by atoms with E-state index in [1.54, 1.807) is 19.1 Å². The van der Waals surface area contributed by atoms with Gasteiger partial charge in [0.2, 0.25) is 15.9 Å². The summed E-state index contributed by atoms with van der Waals surface area (Å²) < 4.78 is 34.2. The van der Waals surface area contributed by atoms with Crippen molar-refractivity contribution >= 4 is 32.5 Å². The maximum atomic E-state index is 12.5. The molecule has 0 aliphatic heterocycles. The van der Waals surface area contributed by atoms with Gasteiger partial charge in [-0.25, -0.2) is 13.1 Å². The molecule has 0 saturated carbocycles. The van der Waals surface area contributed by atoms with Crippen LogP contribution in [0, 0.1) is 6.92 Å². The fraction of sp³-hybridized carbons (Fsp3) is 0.286. The molecule has 0 saturated heterocycles. The van der Waals surface area contributed by atoms with Crippen molar-refractivity contribution in [3.8, 4) is 0 Å². The Morgan fingerprint density at radius 2 is 1.83 bits per heavy atom. The Balaban J connectivity index is 1.68. The van der Waals surface area contributed by atoms with Crippen LogP contribution >= 0.6 is 0 Å². The maximum absolute atomic E-state index is 12.5. The van der Waals surface area contributed by atoms with E-state index in [4.69, 9.17) is 4.74 Å². The van der Waals surface area contributed by atoms with Gasteiger partial charge < -0.3 is 14.6 Å². The van der Waals surface area contributed by atoms with Crippen LogP contribution < -0.4 is 10.0 Å². The molecule has 7 nitrogen and oxygen atoms in total. The minimum Gasteiger partial charge on any atom is -0.383 e. The van der Waals surface area contributed by atoms with E-state index in [0.29, 0.717) is 5.69 Å². The van der Waals surface area contributed by atoms with Crippen molar-refractivity contribution in [3.05, 3.63) is 60.3 Å².